The number of carbonyl (C=O) groups excluding carboxylic acids is 1. The molecule has 1 unspecified atom stereocenters. The van der Waals surface area contributed by atoms with Crippen LogP contribution in [0.5, 0.6) is 0 Å². The molecule has 1 aromatic rings. The minimum Gasteiger partial charge on any atom is -0.460 e. The molecule has 0 spiro atoms. The molecule has 2 heterocycles. The lowest BCUT2D eigenvalue weighted by Gasteiger charge is -2.18. The molecule has 106 valence electrons. The summed E-state index contributed by atoms with van der Waals surface area (Å²) in [7, 11) is 0. The normalized spacial score (nSPS) is 23.0. The van der Waals surface area contributed by atoms with Gasteiger partial charge in [0.2, 0.25) is 11.7 Å². The number of nitrogens with zero attached hydrogens (tertiary/aromatic N) is 1. The van der Waals surface area contributed by atoms with Crippen LogP contribution in [0.15, 0.2) is 4.42 Å². The maximum absolute atomic E-state index is 12.9. The topological polar surface area (TPSA) is 61.6 Å². The van der Waals surface area contributed by atoms with Crippen molar-refractivity contribution in [1.82, 2.24) is 4.98 Å². The minimum atomic E-state index is -2.90. The van der Waals surface area contributed by atoms with E-state index in [9.17, 15) is 13.6 Å². The van der Waals surface area contributed by atoms with Crippen molar-refractivity contribution in [2.45, 2.75) is 38.7 Å². The monoisotopic (exact) mass is 275 g/mol. The van der Waals surface area contributed by atoms with E-state index in [2.05, 4.69) is 9.72 Å². The van der Waals surface area contributed by atoms with Crippen molar-refractivity contribution < 1.29 is 27.5 Å². The molecule has 5 nitrogen and oxygen atoms in total. The van der Waals surface area contributed by atoms with Crippen LogP contribution in [0.4, 0.5) is 8.78 Å². The van der Waals surface area contributed by atoms with E-state index < -0.39 is 29.4 Å². The van der Waals surface area contributed by atoms with Gasteiger partial charge >= 0.3 is 5.97 Å². The van der Waals surface area contributed by atoms with Gasteiger partial charge in [-0.05, 0) is 26.7 Å². The summed E-state index contributed by atoms with van der Waals surface area (Å²) in [5, 5.41) is 0. The first-order valence-corrected chi connectivity index (χ1v) is 6.08. The van der Waals surface area contributed by atoms with Crippen molar-refractivity contribution in [1.29, 1.82) is 0 Å². The number of halogens is 2. The van der Waals surface area contributed by atoms with E-state index in [4.69, 9.17) is 9.15 Å². The number of carbonyl (C=O) groups is 1. The maximum atomic E-state index is 12.9. The van der Waals surface area contributed by atoms with E-state index in [1.54, 1.807) is 13.8 Å². The van der Waals surface area contributed by atoms with Gasteiger partial charge in [0.25, 0.3) is 6.43 Å². The highest BCUT2D eigenvalue weighted by atomic mass is 19.3. The SMILES string of the molecule is CCOC(=O)c1oc(C2(C)CCCO2)nc1C(F)F. The molecule has 1 aromatic heterocycles. The van der Waals surface area contributed by atoms with Crippen molar-refractivity contribution in [2.75, 3.05) is 13.2 Å². The van der Waals surface area contributed by atoms with Crippen LogP contribution < -0.4 is 0 Å². The Hall–Kier alpha value is -1.50. The van der Waals surface area contributed by atoms with Crippen LogP contribution in [0.2, 0.25) is 0 Å². The molecule has 1 fully saturated rings. The van der Waals surface area contributed by atoms with Crippen LogP contribution in [0, 0.1) is 0 Å². The average molecular weight is 275 g/mol. The Morgan fingerprint density at radius 2 is 2.32 bits per heavy atom. The molecule has 0 aromatic carbocycles. The van der Waals surface area contributed by atoms with Crippen molar-refractivity contribution in [3.05, 3.63) is 17.3 Å². The van der Waals surface area contributed by atoms with Crippen LogP contribution in [0.25, 0.3) is 0 Å². The number of hydrogen-bond donors (Lipinski definition) is 0. The Morgan fingerprint density at radius 1 is 1.58 bits per heavy atom. The van der Waals surface area contributed by atoms with E-state index in [0.29, 0.717) is 13.0 Å². The standard InChI is InChI=1S/C12H15F2NO4/c1-3-17-10(16)8-7(9(13)14)15-11(19-8)12(2)5-4-6-18-12/h9H,3-6H2,1-2H3. The van der Waals surface area contributed by atoms with E-state index in [1.807, 2.05) is 0 Å². The number of ether oxygens (including phenoxy) is 2. The lowest BCUT2D eigenvalue weighted by molar-refractivity contribution is -0.00671. The Balaban J connectivity index is 2.37. The molecule has 7 heteroatoms. The summed E-state index contributed by atoms with van der Waals surface area (Å²) < 4.78 is 41.1. The lowest BCUT2D eigenvalue weighted by atomic mass is 10.0. The van der Waals surface area contributed by atoms with E-state index in [-0.39, 0.29) is 12.5 Å². The third kappa shape index (κ3) is 2.60. The fourth-order valence-corrected chi connectivity index (χ4v) is 2.00. The first-order chi connectivity index (χ1) is 8.98. The molecule has 0 bridgehead atoms. The van der Waals surface area contributed by atoms with Gasteiger partial charge in [-0.25, -0.2) is 18.6 Å². The minimum absolute atomic E-state index is 0.00310. The number of rotatable bonds is 4. The predicted molar refractivity (Wildman–Crippen MR) is 60.0 cm³/mol. The van der Waals surface area contributed by atoms with Gasteiger partial charge in [0.1, 0.15) is 5.60 Å². The second-order valence-electron chi connectivity index (χ2n) is 4.44. The van der Waals surface area contributed by atoms with Crippen molar-refractivity contribution in [2.24, 2.45) is 0 Å². The number of alkyl halides is 2. The molecule has 0 aliphatic carbocycles. The van der Waals surface area contributed by atoms with Gasteiger partial charge in [0.05, 0.1) is 6.61 Å². The molecule has 1 saturated heterocycles. The van der Waals surface area contributed by atoms with Gasteiger partial charge in [-0.1, -0.05) is 0 Å². The summed E-state index contributed by atoms with van der Waals surface area (Å²) in [5.74, 6) is -1.47. The summed E-state index contributed by atoms with van der Waals surface area (Å²) in [6.45, 7) is 3.87. The largest absolute Gasteiger partial charge is 0.460 e. The molecule has 1 aliphatic rings. The quantitative estimate of drug-likeness (QED) is 0.791. The summed E-state index contributed by atoms with van der Waals surface area (Å²) in [5.41, 5.74) is -1.54. The second kappa shape index (κ2) is 5.24. The number of oxazole rings is 1. The summed E-state index contributed by atoms with van der Waals surface area (Å²) >= 11 is 0. The maximum Gasteiger partial charge on any atom is 0.376 e. The molecular formula is C12H15F2NO4. The van der Waals surface area contributed by atoms with E-state index >= 15 is 0 Å². The van der Waals surface area contributed by atoms with Gasteiger partial charge < -0.3 is 13.9 Å². The third-order valence-electron chi connectivity index (χ3n) is 2.99. The zero-order valence-corrected chi connectivity index (χ0v) is 10.7. The first-order valence-electron chi connectivity index (χ1n) is 6.08. The summed E-state index contributed by atoms with van der Waals surface area (Å²) in [6.07, 6.45) is -1.50. The van der Waals surface area contributed by atoms with Gasteiger partial charge in [-0.3, -0.25) is 0 Å². The van der Waals surface area contributed by atoms with Crippen LogP contribution in [-0.4, -0.2) is 24.2 Å². The van der Waals surface area contributed by atoms with Crippen LogP contribution in [0.3, 0.4) is 0 Å². The third-order valence-corrected chi connectivity index (χ3v) is 2.99. The van der Waals surface area contributed by atoms with Crippen LogP contribution in [-0.2, 0) is 15.1 Å². The fraction of sp³-hybridized carbons (Fsp3) is 0.667. The zero-order chi connectivity index (χ0) is 14.0. The number of aromatic nitrogens is 1. The lowest BCUT2D eigenvalue weighted by Crippen LogP contribution is -2.20. The number of esters is 1. The zero-order valence-electron chi connectivity index (χ0n) is 10.7. The Bertz CT molecular complexity index is 466. The fourth-order valence-electron chi connectivity index (χ4n) is 2.00. The predicted octanol–water partition coefficient (Wildman–Crippen LogP) is 2.81. The van der Waals surface area contributed by atoms with Crippen LogP contribution in [0.1, 0.15) is 55.3 Å². The Labute approximate surface area is 108 Å². The molecule has 0 N–H and O–H groups in total. The molecule has 0 radical (unpaired) electrons. The highest BCUT2D eigenvalue weighted by molar-refractivity contribution is 5.87. The summed E-state index contributed by atoms with van der Waals surface area (Å²) in [6, 6.07) is 0. The van der Waals surface area contributed by atoms with Crippen molar-refractivity contribution in [3.63, 3.8) is 0 Å². The molecule has 2 rings (SSSR count). The number of hydrogen-bond acceptors (Lipinski definition) is 5. The van der Waals surface area contributed by atoms with Gasteiger partial charge in [-0.15, -0.1) is 0 Å². The van der Waals surface area contributed by atoms with Crippen LogP contribution >= 0.6 is 0 Å². The Kier molecular flexibility index (Phi) is 3.84. The molecule has 19 heavy (non-hydrogen) atoms. The van der Waals surface area contributed by atoms with E-state index in [1.165, 1.54) is 0 Å². The highest BCUT2D eigenvalue weighted by Crippen LogP contribution is 2.37. The smallest absolute Gasteiger partial charge is 0.376 e. The second-order valence-corrected chi connectivity index (χ2v) is 4.44. The van der Waals surface area contributed by atoms with Crippen molar-refractivity contribution in [3.8, 4) is 0 Å². The average Bonchev–Trinajstić information content (AvgIpc) is 2.96. The van der Waals surface area contributed by atoms with E-state index in [0.717, 1.165) is 6.42 Å². The van der Waals surface area contributed by atoms with Gasteiger partial charge in [0, 0.05) is 6.61 Å². The molecule has 0 amide bonds. The van der Waals surface area contributed by atoms with Gasteiger partial charge in [0.15, 0.2) is 5.69 Å². The Morgan fingerprint density at radius 3 is 2.84 bits per heavy atom. The molecule has 1 aliphatic heterocycles. The first kappa shape index (κ1) is 13.9. The van der Waals surface area contributed by atoms with Crippen molar-refractivity contribution >= 4 is 5.97 Å². The van der Waals surface area contributed by atoms with Gasteiger partial charge in [-0.2, -0.15) is 0 Å². The molecule has 1 atom stereocenters. The highest BCUT2D eigenvalue weighted by Gasteiger charge is 2.40. The summed E-state index contributed by atoms with van der Waals surface area (Å²) in [4.78, 5) is 15.3. The molecule has 0 saturated carbocycles. The molecular weight excluding hydrogens is 260 g/mol.